The maximum atomic E-state index is 13.7. The quantitative estimate of drug-likeness (QED) is 0.927. The molecule has 7 heteroatoms. The molecule has 1 N–H and O–H groups in total. The summed E-state index contributed by atoms with van der Waals surface area (Å²) < 4.78 is 26.6. The third-order valence-electron chi connectivity index (χ3n) is 4.31. The molecule has 0 atom stereocenters. The Labute approximate surface area is 145 Å². The molecular formula is C18H20F2N4O. The maximum Gasteiger partial charge on any atom is 0.227 e. The van der Waals surface area contributed by atoms with Gasteiger partial charge in [0.1, 0.15) is 11.6 Å². The van der Waals surface area contributed by atoms with E-state index < -0.39 is 11.6 Å². The van der Waals surface area contributed by atoms with Gasteiger partial charge in [0.15, 0.2) is 0 Å². The second-order valence-electron chi connectivity index (χ2n) is 6.33. The van der Waals surface area contributed by atoms with Crippen molar-refractivity contribution in [1.29, 1.82) is 0 Å². The van der Waals surface area contributed by atoms with Crippen molar-refractivity contribution in [2.75, 3.05) is 23.3 Å². The number of hydrogen-bond acceptors (Lipinski definition) is 4. The first-order valence-corrected chi connectivity index (χ1v) is 8.25. The van der Waals surface area contributed by atoms with Crippen LogP contribution in [0.3, 0.4) is 0 Å². The van der Waals surface area contributed by atoms with Crippen LogP contribution in [-0.2, 0) is 4.79 Å². The zero-order chi connectivity index (χ0) is 18.0. The van der Waals surface area contributed by atoms with Gasteiger partial charge in [-0.3, -0.25) is 4.79 Å². The average Bonchev–Trinajstić information content (AvgIpc) is 2.56. The van der Waals surface area contributed by atoms with Gasteiger partial charge in [0, 0.05) is 36.5 Å². The highest BCUT2D eigenvalue weighted by Gasteiger charge is 2.27. The number of halogens is 2. The van der Waals surface area contributed by atoms with Crippen molar-refractivity contribution < 1.29 is 13.6 Å². The molecular weight excluding hydrogens is 326 g/mol. The van der Waals surface area contributed by atoms with Crippen LogP contribution < -0.4 is 10.2 Å². The molecule has 0 spiro atoms. The van der Waals surface area contributed by atoms with Gasteiger partial charge in [0.05, 0.1) is 5.69 Å². The van der Waals surface area contributed by atoms with Gasteiger partial charge in [-0.15, -0.1) is 0 Å². The van der Waals surface area contributed by atoms with Gasteiger partial charge >= 0.3 is 0 Å². The molecule has 3 rings (SSSR count). The van der Waals surface area contributed by atoms with Crippen LogP contribution in [0.1, 0.15) is 24.2 Å². The van der Waals surface area contributed by atoms with Crippen molar-refractivity contribution in [3.05, 3.63) is 47.3 Å². The van der Waals surface area contributed by atoms with Crippen molar-refractivity contribution in [2.24, 2.45) is 5.92 Å². The summed E-state index contributed by atoms with van der Waals surface area (Å²) in [5, 5.41) is 2.55. The van der Waals surface area contributed by atoms with Crippen molar-refractivity contribution >= 4 is 17.5 Å². The Balaban J connectivity index is 1.60. The van der Waals surface area contributed by atoms with Gasteiger partial charge in [-0.25, -0.2) is 18.7 Å². The minimum absolute atomic E-state index is 0.00599. The predicted molar refractivity (Wildman–Crippen MR) is 91.4 cm³/mol. The lowest BCUT2D eigenvalue weighted by molar-refractivity contribution is -0.120. The summed E-state index contributed by atoms with van der Waals surface area (Å²) in [5.41, 5.74) is 1.83. The van der Waals surface area contributed by atoms with Crippen LogP contribution in [0.4, 0.5) is 20.4 Å². The summed E-state index contributed by atoms with van der Waals surface area (Å²) >= 11 is 0. The molecule has 132 valence electrons. The molecule has 25 heavy (non-hydrogen) atoms. The third-order valence-corrected chi connectivity index (χ3v) is 4.31. The predicted octanol–water partition coefficient (Wildman–Crippen LogP) is 3.23. The van der Waals surface area contributed by atoms with Crippen molar-refractivity contribution in [1.82, 2.24) is 9.97 Å². The second-order valence-corrected chi connectivity index (χ2v) is 6.33. The standard InChI is InChI=1S/C18H20F2N4O/c1-11-9-12(2)22-18(21-11)24-7-5-13(6-8-24)17(25)23-16-4-3-14(19)10-15(16)20/h3-4,9-10,13H,5-8H2,1-2H3,(H,23,25). The number of anilines is 2. The number of nitrogens with zero attached hydrogens (tertiary/aromatic N) is 3. The van der Waals surface area contributed by atoms with Crippen LogP contribution in [0.15, 0.2) is 24.3 Å². The van der Waals surface area contributed by atoms with Gasteiger partial charge in [-0.2, -0.15) is 0 Å². The molecule has 0 bridgehead atoms. The molecule has 1 fully saturated rings. The van der Waals surface area contributed by atoms with E-state index in [1.54, 1.807) is 0 Å². The number of amides is 1. The van der Waals surface area contributed by atoms with Crippen LogP contribution in [0, 0.1) is 31.4 Å². The fourth-order valence-electron chi connectivity index (χ4n) is 3.02. The van der Waals surface area contributed by atoms with Crippen LogP contribution in [0.25, 0.3) is 0 Å². The Morgan fingerprint density at radius 2 is 1.76 bits per heavy atom. The number of piperidine rings is 1. The maximum absolute atomic E-state index is 13.7. The minimum atomic E-state index is -0.769. The van der Waals surface area contributed by atoms with E-state index in [9.17, 15) is 13.6 Å². The Hall–Kier alpha value is -2.57. The number of aromatic nitrogens is 2. The molecule has 1 aliphatic heterocycles. The van der Waals surface area contributed by atoms with Crippen molar-refractivity contribution in [3.63, 3.8) is 0 Å². The highest BCUT2D eigenvalue weighted by molar-refractivity contribution is 5.92. The summed E-state index contributed by atoms with van der Waals surface area (Å²) in [6.45, 7) is 5.17. The Kier molecular flexibility index (Phi) is 4.92. The first-order chi connectivity index (χ1) is 11.9. The van der Waals surface area contributed by atoms with Crippen molar-refractivity contribution in [3.8, 4) is 0 Å². The molecule has 5 nitrogen and oxygen atoms in total. The minimum Gasteiger partial charge on any atom is -0.341 e. The summed E-state index contributed by atoms with van der Waals surface area (Å²) in [6, 6.07) is 5.04. The fourth-order valence-corrected chi connectivity index (χ4v) is 3.02. The zero-order valence-electron chi connectivity index (χ0n) is 14.2. The number of benzene rings is 1. The van der Waals surface area contributed by atoms with Gasteiger partial charge in [-0.05, 0) is 44.9 Å². The van der Waals surface area contributed by atoms with Crippen molar-refractivity contribution in [2.45, 2.75) is 26.7 Å². The SMILES string of the molecule is Cc1cc(C)nc(N2CCC(C(=O)Nc3ccc(F)cc3F)CC2)n1. The summed E-state index contributed by atoms with van der Waals surface area (Å²) in [6.07, 6.45) is 1.26. The molecule has 0 saturated carbocycles. The van der Waals surface area contributed by atoms with Gasteiger partial charge in [0.2, 0.25) is 11.9 Å². The largest absolute Gasteiger partial charge is 0.341 e. The normalized spacial score (nSPS) is 15.3. The van der Waals surface area contributed by atoms with E-state index in [0.717, 1.165) is 23.5 Å². The lowest BCUT2D eigenvalue weighted by Crippen LogP contribution is -2.39. The van der Waals surface area contributed by atoms with E-state index in [2.05, 4.69) is 20.2 Å². The van der Waals surface area contributed by atoms with Crippen LogP contribution in [0.2, 0.25) is 0 Å². The Bertz CT molecular complexity index is 768. The molecule has 2 heterocycles. The Morgan fingerprint density at radius 1 is 1.12 bits per heavy atom. The van der Waals surface area contributed by atoms with Gasteiger partial charge < -0.3 is 10.2 Å². The molecule has 0 unspecified atom stereocenters. The smallest absolute Gasteiger partial charge is 0.227 e. The van der Waals surface area contributed by atoms with E-state index in [1.807, 2.05) is 19.9 Å². The molecule has 1 aromatic heterocycles. The van der Waals surface area contributed by atoms with Gasteiger partial charge in [0.25, 0.3) is 0 Å². The first kappa shape index (κ1) is 17.3. The van der Waals surface area contributed by atoms with Crippen LogP contribution in [0.5, 0.6) is 0 Å². The van der Waals surface area contributed by atoms with Crippen LogP contribution >= 0.6 is 0 Å². The number of hydrogen-bond donors (Lipinski definition) is 1. The highest BCUT2D eigenvalue weighted by Crippen LogP contribution is 2.23. The number of carbonyl (C=O) groups excluding carboxylic acids is 1. The lowest BCUT2D eigenvalue weighted by atomic mass is 9.96. The zero-order valence-corrected chi connectivity index (χ0v) is 14.2. The molecule has 1 amide bonds. The van der Waals surface area contributed by atoms with E-state index in [4.69, 9.17) is 0 Å². The van der Waals surface area contributed by atoms with E-state index in [-0.39, 0.29) is 17.5 Å². The topological polar surface area (TPSA) is 58.1 Å². The number of carbonyl (C=O) groups is 1. The second kappa shape index (κ2) is 7.13. The number of rotatable bonds is 3. The van der Waals surface area contributed by atoms with E-state index in [1.165, 1.54) is 6.07 Å². The Morgan fingerprint density at radius 3 is 2.36 bits per heavy atom. The third kappa shape index (κ3) is 4.10. The summed E-state index contributed by atoms with van der Waals surface area (Å²) in [5.74, 6) is -1.22. The average molecular weight is 346 g/mol. The molecule has 1 aromatic carbocycles. The molecule has 2 aromatic rings. The highest BCUT2D eigenvalue weighted by atomic mass is 19.1. The summed E-state index contributed by atoms with van der Waals surface area (Å²) in [7, 11) is 0. The fraction of sp³-hybridized carbons (Fsp3) is 0.389. The van der Waals surface area contributed by atoms with Crippen LogP contribution in [-0.4, -0.2) is 29.0 Å². The number of nitrogens with one attached hydrogen (secondary N) is 1. The first-order valence-electron chi connectivity index (χ1n) is 8.25. The molecule has 1 saturated heterocycles. The molecule has 0 radical (unpaired) electrons. The molecule has 1 aliphatic rings. The monoisotopic (exact) mass is 346 g/mol. The lowest BCUT2D eigenvalue weighted by Gasteiger charge is -2.31. The van der Waals surface area contributed by atoms with E-state index >= 15 is 0 Å². The van der Waals surface area contributed by atoms with Gasteiger partial charge in [-0.1, -0.05) is 0 Å². The number of aryl methyl sites for hydroxylation is 2. The summed E-state index contributed by atoms with van der Waals surface area (Å²) in [4.78, 5) is 23.3. The molecule has 0 aliphatic carbocycles. The van der Waals surface area contributed by atoms with E-state index in [0.29, 0.717) is 31.9 Å².